The predicted molar refractivity (Wildman–Crippen MR) is 87.0 cm³/mol. The Morgan fingerprint density at radius 1 is 0.750 bits per heavy atom. The number of hydrogen-bond donors (Lipinski definition) is 1. The fourth-order valence-electron chi connectivity index (χ4n) is 2.13. The van der Waals surface area contributed by atoms with Crippen LogP contribution in [0.2, 0.25) is 0 Å². The van der Waals surface area contributed by atoms with Crippen molar-refractivity contribution in [3.63, 3.8) is 0 Å². The van der Waals surface area contributed by atoms with Crippen LogP contribution in [0.5, 0.6) is 0 Å². The maximum Gasteiger partial charge on any atom is 0.303 e. The number of allylic oxidation sites excluding steroid dienone is 4. The van der Waals surface area contributed by atoms with E-state index in [-0.39, 0.29) is 0 Å². The largest absolute Gasteiger partial charge is 0.481 e. The molecule has 0 radical (unpaired) electrons. The van der Waals surface area contributed by atoms with Crippen LogP contribution in [0.4, 0.5) is 0 Å². The monoisotopic (exact) mass is 280 g/mol. The molecule has 1 N–H and O–H groups in total. The van der Waals surface area contributed by atoms with E-state index in [1.807, 2.05) is 0 Å². The Morgan fingerprint density at radius 3 is 1.85 bits per heavy atom. The van der Waals surface area contributed by atoms with E-state index in [2.05, 4.69) is 31.2 Å². The number of carboxylic acid groups (broad SMARTS) is 1. The minimum absolute atomic E-state index is 0.332. The van der Waals surface area contributed by atoms with Crippen molar-refractivity contribution >= 4 is 5.97 Å². The summed E-state index contributed by atoms with van der Waals surface area (Å²) in [6.07, 6.45) is 22.3. The molecule has 0 aliphatic heterocycles. The van der Waals surface area contributed by atoms with Gasteiger partial charge >= 0.3 is 5.97 Å². The van der Waals surface area contributed by atoms with Crippen LogP contribution in [0.25, 0.3) is 0 Å². The van der Waals surface area contributed by atoms with Gasteiger partial charge in [0, 0.05) is 6.42 Å². The summed E-state index contributed by atoms with van der Waals surface area (Å²) in [5.74, 6) is -0.665. The summed E-state index contributed by atoms with van der Waals surface area (Å²) >= 11 is 0. The second-order valence-corrected chi connectivity index (χ2v) is 5.34. The molecule has 0 aromatic rings. The molecule has 0 aromatic heterocycles. The van der Waals surface area contributed by atoms with E-state index in [4.69, 9.17) is 5.11 Å². The molecule has 0 aliphatic rings. The highest BCUT2D eigenvalue weighted by atomic mass is 16.4. The smallest absolute Gasteiger partial charge is 0.303 e. The highest BCUT2D eigenvalue weighted by Crippen LogP contribution is 2.10. The summed E-state index contributed by atoms with van der Waals surface area (Å²) < 4.78 is 0. The van der Waals surface area contributed by atoms with Crippen LogP contribution in [-0.4, -0.2) is 11.1 Å². The van der Waals surface area contributed by atoms with E-state index < -0.39 is 5.97 Å². The third-order valence-corrected chi connectivity index (χ3v) is 3.33. The second-order valence-electron chi connectivity index (χ2n) is 5.34. The Bertz CT molecular complexity index is 267. The van der Waals surface area contributed by atoms with Gasteiger partial charge in [0.1, 0.15) is 0 Å². The van der Waals surface area contributed by atoms with Gasteiger partial charge in [-0.1, -0.05) is 63.3 Å². The van der Waals surface area contributed by atoms with E-state index in [9.17, 15) is 4.79 Å². The van der Waals surface area contributed by atoms with Crippen LogP contribution in [0.15, 0.2) is 24.3 Å². The molecule has 2 heteroatoms. The lowest BCUT2D eigenvalue weighted by molar-refractivity contribution is -0.137. The van der Waals surface area contributed by atoms with Gasteiger partial charge in [-0.25, -0.2) is 0 Å². The molecule has 116 valence electrons. The maximum absolute atomic E-state index is 10.3. The predicted octanol–water partition coefficient (Wildman–Crippen LogP) is 5.88. The lowest BCUT2D eigenvalue weighted by Crippen LogP contribution is -1.93. The number of unbranched alkanes of at least 4 members (excludes halogenated alkanes) is 8. The maximum atomic E-state index is 10.3. The van der Waals surface area contributed by atoms with E-state index in [1.165, 1.54) is 51.4 Å². The van der Waals surface area contributed by atoms with E-state index in [1.54, 1.807) is 0 Å². The third kappa shape index (κ3) is 16.9. The highest BCUT2D eigenvalue weighted by Gasteiger charge is 1.96. The molecule has 0 aliphatic carbocycles. The zero-order valence-electron chi connectivity index (χ0n) is 13.2. The zero-order chi connectivity index (χ0) is 14.9. The van der Waals surface area contributed by atoms with Gasteiger partial charge in [0.15, 0.2) is 0 Å². The number of rotatable bonds is 14. The fraction of sp³-hybridized carbons (Fsp3) is 0.722. The molecule has 0 amide bonds. The van der Waals surface area contributed by atoms with Gasteiger partial charge in [0.2, 0.25) is 0 Å². The molecule has 2 nitrogen and oxygen atoms in total. The Balaban J connectivity index is 3.10. The van der Waals surface area contributed by atoms with Crippen molar-refractivity contribution < 1.29 is 9.90 Å². The van der Waals surface area contributed by atoms with Crippen molar-refractivity contribution in [2.75, 3.05) is 0 Å². The average molecular weight is 280 g/mol. The first-order valence-corrected chi connectivity index (χ1v) is 8.29. The molecule has 0 aromatic carbocycles. The number of carbonyl (C=O) groups is 1. The SMILES string of the molecule is CC/C=C\CC/C=C/CCCCCCCCCC(=O)O. The molecule has 0 saturated heterocycles. The van der Waals surface area contributed by atoms with Crippen molar-refractivity contribution in [2.24, 2.45) is 0 Å². The average Bonchev–Trinajstić information content (AvgIpc) is 2.43. The summed E-state index contributed by atoms with van der Waals surface area (Å²) in [4.78, 5) is 10.3. The molecule has 0 unspecified atom stereocenters. The van der Waals surface area contributed by atoms with Gasteiger partial charge in [0.25, 0.3) is 0 Å². The standard InChI is InChI=1S/C18H32O2/c1-2-3-4-5-6-7-8-9-10-11-12-13-14-15-16-17-18(19)20/h3-4,7-8H,2,5-6,9-17H2,1H3,(H,19,20)/b4-3-,8-7+. The molecule has 0 bridgehead atoms. The molecule has 0 saturated carbocycles. The van der Waals surface area contributed by atoms with Crippen LogP contribution in [-0.2, 0) is 4.79 Å². The van der Waals surface area contributed by atoms with Gasteiger partial charge in [0.05, 0.1) is 0 Å². The van der Waals surface area contributed by atoms with Gasteiger partial charge in [-0.15, -0.1) is 0 Å². The summed E-state index contributed by atoms with van der Waals surface area (Å²) in [6, 6.07) is 0. The van der Waals surface area contributed by atoms with Crippen LogP contribution in [0, 0.1) is 0 Å². The van der Waals surface area contributed by atoms with Crippen LogP contribution in [0.1, 0.15) is 84.0 Å². The van der Waals surface area contributed by atoms with Gasteiger partial charge in [-0.2, -0.15) is 0 Å². The number of hydrogen-bond acceptors (Lipinski definition) is 1. The molecule has 0 spiro atoms. The minimum Gasteiger partial charge on any atom is -0.481 e. The third-order valence-electron chi connectivity index (χ3n) is 3.33. The first-order valence-electron chi connectivity index (χ1n) is 8.29. The zero-order valence-corrected chi connectivity index (χ0v) is 13.2. The lowest BCUT2D eigenvalue weighted by Gasteiger charge is -2.00. The number of aliphatic carboxylic acids is 1. The first-order chi connectivity index (χ1) is 9.77. The summed E-state index contributed by atoms with van der Waals surface area (Å²) in [6.45, 7) is 2.17. The molecule has 0 rings (SSSR count). The Labute approximate surface area is 125 Å². The molecule has 20 heavy (non-hydrogen) atoms. The highest BCUT2D eigenvalue weighted by molar-refractivity contribution is 5.66. The molecule has 0 fully saturated rings. The van der Waals surface area contributed by atoms with Crippen LogP contribution < -0.4 is 0 Å². The molecular weight excluding hydrogens is 248 g/mol. The van der Waals surface area contributed by atoms with Crippen molar-refractivity contribution in [2.45, 2.75) is 84.0 Å². The van der Waals surface area contributed by atoms with E-state index in [0.29, 0.717) is 6.42 Å². The van der Waals surface area contributed by atoms with E-state index in [0.717, 1.165) is 19.3 Å². The van der Waals surface area contributed by atoms with Gasteiger partial charge < -0.3 is 5.11 Å². The molecule has 0 atom stereocenters. The Morgan fingerprint density at radius 2 is 1.25 bits per heavy atom. The normalized spacial score (nSPS) is 11.7. The van der Waals surface area contributed by atoms with Crippen molar-refractivity contribution in [3.8, 4) is 0 Å². The summed E-state index contributed by atoms with van der Waals surface area (Å²) in [5, 5.41) is 8.51. The quantitative estimate of drug-likeness (QED) is 0.318. The lowest BCUT2D eigenvalue weighted by atomic mass is 10.1. The molecule has 0 heterocycles. The van der Waals surface area contributed by atoms with Crippen LogP contribution in [0.3, 0.4) is 0 Å². The Kier molecular flexibility index (Phi) is 15.2. The fourth-order valence-corrected chi connectivity index (χ4v) is 2.13. The number of carboxylic acids is 1. The topological polar surface area (TPSA) is 37.3 Å². The van der Waals surface area contributed by atoms with Crippen molar-refractivity contribution in [3.05, 3.63) is 24.3 Å². The molecular formula is C18H32O2. The summed E-state index contributed by atoms with van der Waals surface area (Å²) in [7, 11) is 0. The first kappa shape index (κ1) is 18.9. The van der Waals surface area contributed by atoms with Crippen molar-refractivity contribution in [1.82, 2.24) is 0 Å². The van der Waals surface area contributed by atoms with E-state index >= 15 is 0 Å². The van der Waals surface area contributed by atoms with Gasteiger partial charge in [-0.3, -0.25) is 4.79 Å². The van der Waals surface area contributed by atoms with Crippen molar-refractivity contribution in [1.29, 1.82) is 0 Å². The van der Waals surface area contributed by atoms with Gasteiger partial charge in [-0.05, 0) is 38.5 Å². The van der Waals surface area contributed by atoms with Crippen LogP contribution >= 0.6 is 0 Å². The summed E-state index contributed by atoms with van der Waals surface area (Å²) in [5.41, 5.74) is 0. The second kappa shape index (κ2) is 16.0. The Hall–Kier alpha value is -1.05. The minimum atomic E-state index is -0.665.